The Bertz CT molecular complexity index is 1750. The maximum absolute atomic E-state index is 4.96. The third-order valence-corrected chi connectivity index (χ3v) is 10.5. The lowest BCUT2D eigenvalue weighted by Crippen LogP contribution is -2.14. The first-order chi connectivity index (χ1) is 18.8. The number of nitrogens with zero attached hydrogens (tertiary/aromatic N) is 3. The first-order valence-corrected chi connectivity index (χ1v) is 15.0. The van der Waals surface area contributed by atoms with Crippen molar-refractivity contribution in [2.75, 3.05) is 0 Å². The van der Waals surface area contributed by atoms with Gasteiger partial charge in [0.1, 0.15) is 0 Å². The molecule has 0 bridgehead atoms. The molecule has 0 N–H and O–H groups in total. The van der Waals surface area contributed by atoms with E-state index in [1.54, 1.807) is 5.56 Å². The van der Waals surface area contributed by atoms with Crippen LogP contribution in [-0.4, -0.2) is 20.2 Å². The number of thioether (sulfide) groups is 1. The minimum atomic E-state index is 0.697. The van der Waals surface area contributed by atoms with E-state index in [1.807, 2.05) is 47.7 Å². The summed E-state index contributed by atoms with van der Waals surface area (Å²) in [5.74, 6) is 2.82. The summed E-state index contributed by atoms with van der Waals surface area (Å²) in [6.07, 6.45) is 5.43. The van der Waals surface area contributed by atoms with Crippen LogP contribution in [0.2, 0.25) is 0 Å². The highest BCUT2D eigenvalue weighted by Gasteiger charge is 2.35. The first-order valence-electron chi connectivity index (χ1n) is 13.3. The SMILES string of the molecule is c1ccc(-c2nc(-c3ccccc3)nc(-c3ccc4sc5cc6c(cc5c4c3)[C@@H]3CCCCC3S6)n2)cc1. The van der Waals surface area contributed by atoms with Crippen LogP contribution in [0.3, 0.4) is 0 Å². The van der Waals surface area contributed by atoms with E-state index in [0.29, 0.717) is 17.5 Å². The smallest absolute Gasteiger partial charge is 0.164 e. The van der Waals surface area contributed by atoms with Crippen LogP contribution in [-0.2, 0) is 0 Å². The number of rotatable bonds is 3. The number of hydrogen-bond donors (Lipinski definition) is 0. The fraction of sp³-hybridized carbons (Fsp3) is 0.182. The van der Waals surface area contributed by atoms with Crippen molar-refractivity contribution in [3.05, 3.63) is 96.6 Å². The number of aromatic nitrogens is 3. The molecule has 1 unspecified atom stereocenters. The zero-order valence-electron chi connectivity index (χ0n) is 20.8. The predicted molar refractivity (Wildman–Crippen MR) is 160 cm³/mol. The summed E-state index contributed by atoms with van der Waals surface area (Å²) in [5, 5.41) is 3.45. The molecular formula is C33H25N3S2. The maximum Gasteiger partial charge on any atom is 0.164 e. The van der Waals surface area contributed by atoms with Crippen LogP contribution in [0.5, 0.6) is 0 Å². The summed E-state index contributed by atoms with van der Waals surface area (Å²) in [5.41, 5.74) is 4.59. The van der Waals surface area contributed by atoms with Crippen LogP contribution in [0.1, 0.15) is 37.2 Å². The van der Waals surface area contributed by atoms with Crippen LogP contribution in [0, 0.1) is 0 Å². The molecule has 8 rings (SSSR count). The highest BCUT2D eigenvalue weighted by atomic mass is 32.2. The standard InChI is InChI=1S/C33H25N3S2/c1-3-9-20(10-4-1)31-34-32(21-11-5-2-6-12-21)36-33(35-31)22-15-16-28-24(17-22)26-18-25-23-13-7-8-14-27(23)37-29(25)19-30(26)38-28/h1-6,9-12,15-19,23,27H,7-8,13-14H2/t23-,27?/m0/s1. The van der Waals surface area contributed by atoms with E-state index >= 15 is 0 Å². The van der Waals surface area contributed by atoms with E-state index in [4.69, 9.17) is 15.0 Å². The molecule has 1 aliphatic heterocycles. The van der Waals surface area contributed by atoms with Gasteiger partial charge in [0.15, 0.2) is 17.5 Å². The van der Waals surface area contributed by atoms with E-state index in [-0.39, 0.29) is 0 Å². The number of hydrogen-bond acceptors (Lipinski definition) is 5. The Kier molecular flexibility index (Phi) is 5.34. The number of thiophene rings is 1. The Hall–Kier alpha value is -3.54. The van der Waals surface area contributed by atoms with Gasteiger partial charge in [0.2, 0.25) is 0 Å². The van der Waals surface area contributed by atoms with Gasteiger partial charge in [0.25, 0.3) is 0 Å². The zero-order chi connectivity index (χ0) is 25.1. The third-order valence-electron chi connectivity index (χ3n) is 7.94. The van der Waals surface area contributed by atoms with E-state index in [9.17, 15) is 0 Å². The first kappa shape index (κ1) is 22.4. The molecule has 0 radical (unpaired) electrons. The Balaban J connectivity index is 1.29. The molecule has 0 amide bonds. The average Bonchev–Trinajstić information content (AvgIpc) is 3.53. The van der Waals surface area contributed by atoms with Crippen molar-refractivity contribution in [2.24, 2.45) is 0 Å². The van der Waals surface area contributed by atoms with Gasteiger partial charge in [-0.3, -0.25) is 0 Å². The second kappa shape index (κ2) is 9.04. The Morgan fingerprint density at radius 2 is 1.21 bits per heavy atom. The molecule has 4 aromatic carbocycles. The summed E-state index contributed by atoms with van der Waals surface area (Å²) >= 11 is 4.02. The highest BCUT2D eigenvalue weighted by Crippen LogP contribution is 2.54. The Morgan fingerprint density at radius 3 is 1.92 bits per heavy atom. The molecule has 2 atom stereocenters. The molecule has 3 nitrogen and oxygen atoms in total. The van der Waals surface area contributed by atoms with Gasteiger partial charge in [-0.05, 0) is 54.7 Å². The summed E-state index contributed by atoms with van der Waals surface area (Å²) in [7, 11) is 0. The lowest BCUT2D eigenvalue weighted by Gasteiger charge is -2.24. The second-order valence-electron chi connectivity index (χ2n) is 10.3. The van der Waals surface area contributed by atoms with E-state index < -0.39 is 0 Å². The van der Waals surface area contributed by atoms with E-state index in [0.717, 1.165) is 27.9 Å². The van der Waals surface area contributed by atoms with Gasteiger partial charge < -0.3 is 0 Å². The summed E-state index contributed by atoms with van der Waals surface area (Å²) < 4.78 is 2.70. The van der Waals surface area contributed by atoms with Gasteiger partial charge in [-0.15, -0.1) is 23.1 Å². The van der Waals surface area contributed by atoms with Crippen molar-refractivity contribution in [2.45, 2.75) is 41.7 Å². The highest BCUT2D eigenvalue weighted by molar-refractivity contribution is 8.00. The van der Waals surface area contributed by atoms with Gasteiger partial charge in [-0.2, -0.15) is 0 Å². The minimum absolute atomic E-state index is 0.697. The maximum atomic E-state index is 4.96. The summed E-state index contributed by atoms with van der Waals surface area (Å²) in [4.78, 5) is 16.3. The zero-order valence-corrected chi connectivity index (χ0v) is 22.4. The van der Waals surface area contributed by atoms with E-state index in [2.05, 4.69) is 66.4 Å². The van der Waals surface area contributed by atoms with Gasteiger partial charge in [0.05, 0.1) is 0 Å². The molecule has 6 aromatic rings. The molecule has 1 fully saturated rings. The van der Waals surface area contributed by atoms with Gasteiger partial charge >= 0.3 is 0 Å². The molecule has 3 heterocycles. The van der Waals surface area contributed by atoms with Crippen LogP contribution >= 0.6 is 23.1 Å². The largest absolute Gasteiger partial charge is 0.208 e. The fourth-order valence-electron chi connectivity index (χ4n) is 6.05. The molecule has 2 aromatic heterocycles. The lowest BCUT2D eigenvalue weighted by molar-refractivity contribution is 0.461. The second-order valence-corrected chi connectivity index (χ2v) is 12.6. The summed E-state index contributed by atoms with van der Waals surface area (Å²) in [6, 6.07) is 32.0. The fourth-order valence-corrected chi connectivity index (χ4v) is 8.82. The van der Waals surface area contributed by atoms with Gasteiger partial charge in [-0.25, -0.2) is 15.0 Å². The molecule has 1 saturated carbocycles. The third kappa shape index (κ3) is 3.76. The monoisotopic (exact) mass is 527 g/mol. The Labute approximate surface area is 230 Å². The van der Waals surface area contributed by atoms with Crippen molar-refractivity contribution in [3.8, 4) is 34.2 Å². The van der Waals surface area contributed by atoms with Crippen molar-refractivity contribution in [1.82, 2.24) is 15.0 Å². The Morgan fingerprint density at radius 1 is 0.579 bits per heavy atom. The van der Waals surface area contributed by atoms with Crippen molar-refractivity contribution in [1.29, 1.82) is 0 Å². The molecule has 5 heteroatoms. The quantitative estimate of drug-likeness (QED) is 0.230. The van der Waals surface area contributed by atoms with Crippen LogP contribution in [0.25, 0.3) is 54.3 Å². The predicted octanol–water partition coefficient (Wildman–Crippen LogP) is 9.37. The molecule has 38 heavy (non-hydrogen) atoms. The topological polar surface area (TPSA) is 38.7 Å². The normalized spacial score (nSPS) is 18.5. The average molecular weight is 528 g/mol. The van der Waals surface area contributed by atoms with Crippen molar-refractivity contribution in [3.63, 3.8) is 0 Å². The van der Waals surface area contributed by atoms with Gasteiger partial charge in [0, 0.05) is 47.0 Å². The van der Waals surface area contributed by atoms with Crippen LogP contribution < -0.4 is 0 Å². The van der Waals surface area contributed by atoms with Crippen molar-refractivity contribution < 1.29 is 0 Å². The molecule has 0 saturated heterocycles. The number of fused-ring (bicyclic) bond motifs is 6. The molecule has 184 valence electrons. The number of benzene rings is 4. The molecule has 1 aliphatic carbocycles. The van der Waals surface area contributed by atoms with Crippen molar-refractivity contribution >= 4 is 43.3 Å². The molecule has 2 aliphatic rings. The van der Waals surface area contributed by atoms with E-state index in [1.165, 1.54) is 50.8 Å². The minimum Gasteiger partial charge on any atom is -0.208 e. The van der Waals surface area contributed by atoms with Crippen LogP contribution in [0.4, 0.5) is 0 Å². The van der Waals surface area contributed by atoms with Crippen LogP contribution in [0.15, 0.2) is 95.9 Å². The molecular weight excluding hydrogens is 503 g/mol. The lowest BCUT2D eigenvalue weighted by atomic mass is 9.83. The molecule has 0 spiro atoms. The van der Waals surface area contributed by atoms with Gasteiger partial charge in [-0.1, -0.05) is 73.5 Å². The summed E-state index contributed by atoms with van der Waals surface area (Å²) in [6.45, 7) is 0.